The lowest BCUT2D eigenvalue weighted by molar-refractivity contribution is 0.0937. The smallest absolute Gasteiger partial charge is 0.166 e. The van der Waals surface area contributed by atoms with Crippen LogP contribution in [-0.2, 0) is 0 Å². The molecule has 0 spiro atoms. The van der Waals surface area contributed by atoms with Crippen LogP contribution in [0.2, 0.25) is 0 Å². The quantitative estimate of drug-likeness (QED) is 0.570. The standard InChI is InChI=1S/C11H12O/c1-7-8(2)11(12)10-6-4-3-5-9(7)10/h3-8H,1-2H3/t7-,8+/m1/s1. The molecule has 12 heavy (non-hydrogen) atoms. The lowest BCUT2D eigenvalue weighted by atomic mass is 9.96. The molecule has 1 aliphatic carbocycles. The molecule has 0 radical (unpaired) electrons. The zero-order valence-electron chi connectivity index (χ0n) is 7.37. The second-order valence-corrected chi connectivity index (χ2v) is 3.53. The maximum atomic E-state index is 11.6. The van der Waals surface area contributed by atoms with Gasteiger partial charge in [0.05, 0.1) is 0 Å². The topological polar surface area (TPSA) is 17.1 Å². The van der Waals surface area contributed by atoms with E-state index in [2.05, 4.69) is 13.0 Å². The van der Waals surface area contributed by atoms with Crippen LogP contribution in [0.3, 0.4) is 0 Å². The third-order valence-corrected chi connectivity index (χ3v) is 2.88. The zero-order chi connectivity index (χ0) is 8.72. The van der Waals surface area contributed by atoms with Gasteiger partial charge in [0.25, 0.3) is 0 Å². The van der Waals surface area contributed by atoms with Crippen molar-refractivity contribution >= 4 is 5.78 Å². The van der Waals surface area contributed by atoms with Gasteiger partial charge < -0.3 is 0 Å². The second kappa shape index (κ2) is 2.44. The van der Waals surface area contributed by atoms with Crippen LogP contribution in [0.15, 0.2) is 24.3 Å². The Kier molecular flexibility index (Phi) is 1.53. The summed E-state index contributed by atoms with van der Waals surface area (Å²) >= 11 is 0. The normalized spacial score (nSPS) is 27.3. The minimum atomic E-state index is 0.169. The predicted molar refractivity (Wildman–Crippen MR) is 48.4 cm³/mol. The van der Waals surface area contributed by atoms with E-state index in [1.165, 1.54) is 5.56 Å². The Hall–Kier alpha value is -1.11. The van der Waals surface area contributed by atoms with Crippen molar-refractivity contribution in [3.05, 3.63) is 35.4 Å². The van der Waals surface area contributed by atoms with Crippen molar-refractivity contribution in [3.63, 3.8) is 0 Å². The molecule has 0 aliphatic heterocycles. The summed E-state index contributed by atoms with van der Waals surface area (Å²) in [5.74, 6) is 0.870. The summed E-state index contributed by atoms with van der Waals surface area (Å²) in [5, 5.41) is 0. The van der Waals surface area contributed by atoms with Crippen molar-refractivity contribution in [1.82, 2.24) is 0 Å². The Morgan fingerprint density at radius 3 is 2.42 bits per heavy atom. The first-order valence-electron chi connectivity index (χ1n) is 4.35. The van der Waals surface area contributed by atoms with Gasteiger partial charge in [0.1, 0.15) is 0 Å². The number of carbonyl (C=O) groups excluding carboxylic acids is 1. The number of Topliss-reactive ketones (excluding diaryl/α,β-unsaturated/α-hetero) is 1. The number of ketones is 1. The average molecular weight is 160 g/mol. The van der Waals surface area contributed by atoms with E-state index in [-0.39, 0.29) is 5.92 Å². The summed E-state index contributed by atoms with van der Waals surface area (Å²) in [4.78, 5) is 11.6. The molecule has 1 heteroatoms. The van der Waals surface area contributed by atoms with E-state index in [0.29, 0.717) is 11.7 Å². The molecule has 2 rings (SSSR count). The molecule has 0 fully saturated rings. The van der Waals surface area contributed by atoms with Crippen molar-refractivity contribution in [1.29, 1.82) is 0 Å². The van der Waals surface area contributed by atoms with Gasteiger partial charge in [-0.15, -0.1) is 0 Å². The molecule has 0 bridgehead atoms. The largest absolute Gasteiger partial charge is 0.294 e. The molecule has 0 N–H and O–H groups in total. The molecule has 0 amide bonds. The highest BCUT2D eigenvalue weighted by molar-refractivity contribution is 6.02. The molecule has 0 saturated heterocycles. The van der Waals surface area contributed by atoms with E-state index in [1.54, 1.807) is 0 Å². The van der Waals surface area contributed by atoms with Crippen molar-refractivity contribution < 1.29 is 4.79 Å². The maximum Gasteiger partial charge on any atom is 0.166 e. The van der Waals surface area contributed by atoms with Gasteiger partial charge in [-0.25, -0.2) is 0 Å². The van der Waals surface area contributed by atoms with Gasteiger partial charge in [-0.05, 0) is 11.5 Å². The molecule has 0 aromatic heterocycles. The first-order chi connectivity index (χ1) is 5.72. The first-order valence-corrected chi connectivity index (χ1v) is 4.35. The molecule has 0 heterocycles. The summed E-state index contributed by atoms with van der Waals surface area (Å²) in [6, 6.07) is 7.92. The summed E-state index contributed by atoms with van der Waals surface area (Å²) in [6.07, 6.45) is 0. The van der Waals surface area contributed by atoms with E-state index in [1.807, 2.05) is 25.1 Å². The molecular formula is C11H12O. The van der Waals surface area contributed by atoms with Gasteiger partial charge in [0.15, 0.2) is 5.78 Å². The maximum absolute atomic E-state index is 11.6. The molecule has 0 unspecified atom stereocenters. The third-order valence-electron chi connectivity index (χ3n) is 2.88. The minimum Gasteiger partial charge on any atom is -0.294 e. The SMILES string of the molecule is C[C@@H]1C(=O)c2ccccc2[C@@H]1C. The Bertz CT molecular complexity index is 328. The van der Waals surface area contributed by atoms with Crippen molar-refractivity contribution in [2.45, 2.75) is 19.8 Å². The average Bonchev–Trinajstić information content (AvgIpc) is 2.33. The molecule has 2 atom stereocenters. The molecular weight excluding hydrogens is 148 g/mol. The fourth-order valence-electron chi connectivity index (χ4n) is 1.86. The summed E-state index contributed by atoms with van der Waals surface area (Å²) in [7, 11) is 0. The molecule has 62 valence electrons. The second-order valence-electron chi connectivity index (χ2n) is 3.53. The summed E-state index contributed by atoms with van der Waals surface area (Å²) in [6.45, 7) is 4.13. The van der Waals surface area contributed by atoms with E-state index in [4.69, 9.17) is 0 Å². The van der Waals surface area contributed by atoms with Crippen molar-refractivity contribution in [2.75, 3.05) is 0 Å². The van der Waals surface area contributed by atoms with E-state index >= 15 is 0 Å². The Morgan fingerprint density at radius 2 is 1.75 bits per heavy atom. The lowest BCUT2D eigenvalue weighted by Crippen LogP contribution is -2.06. The van der Waals surface area contributed by atoms with E-state index in [0.717, 1.165) is 5.56 Å². The number of hydrogen-bond acceptors (Lipinski definition) is 1. The predicted octanol–water partition coefficient (Wildman–Crippen LogP) is 2.62. The summed E-state index contributed by atoms with van der Waals surface area (Å²) in [5.41, 5.74) is 2.15. The van der Waals surface area contributed by atoms with Crippen molar-refractivity contribution in [3.8, 4) is 0 Å². The fourth-order valence-corrected chi connectivity index (χ4v) is 1.86. The molecule has 1 aliphatic rings. The summed E-state index contributed by atoms with van der Waals surface area (Å²) < 4.78 is 0. The van der Waals surface area contributed by atoms with Gasteiger partial charge in [-0.3, -0.25) is 4.79 Å². The number of fused-ring (bicyclic) bond motifs is 1. The fraction of sp³-hybridized carbons (Fsp3) is 0.364. The Morgan fingerprint density at radius 1 is 1.08 bits per heavy atom. The highest BCUT2D eigenvalue weighted by Gasteiger charge is 2.32. The molecule has 1 aromatic carbocycles. The number of carbonyl (C=O) groups is 1. The Balaban J connectivity index is 2.59. The van der Waals surface area contributed by atoms with Crippen LogP contribution < -0.4 is 0 Å². The number of hydrogen-bond donors (Lipinski definition) is 0. The highest BCUT2D eigenvalue weighted by atomic mass is 16.1. The zero-order valence-corrected chi connectivity index (χ0v) is 7.37. The van der Waals surface area contributed by atoms with E-state index in [9.17, 15) is 4.79 Å². The third kappa shape index (κ3) is 0.826. The van der Waals surface area contributed by atoms with Gasteiger partial charge in [-0.2, -0.15) is 0 Å². The monoisotopic (exact) mass is 160 g/mol. The van der Waals surface area contributed by atoms with Crippen LogP contribution in [0.25, 0.3) is 0 Å². The Labute approximate surface area is 72.4 Å². The number of benzene rings is 1. The van der Waals surface area contributed by atoms with Gasteiger partial charge in [0.2, 0.25) is 0 Å². The van der Waals surface area contributed by atoms with Gasteiger partial charge in [0, 0.05) is 11.5 Å². The van der Waals surface area contributed by atoms with Gasteiger partial charge >= 0.3 is 0 Å². The molecule has 1 nitrogen and oxygen atoms in total. The van der Waals surface area contributed by atoms with Crippen LogP contribution in [0.5, 0.6) is 0 Å². The molecule has 0 saturated carbocycles. The number of rotatable bonds is 0. The minimum absolute atomic E-state index is 0.169. The van der Waals surface area contributed by atoms with E-state index < -0.39 is 0 Å². The first kappa shape index (κ1) is 7.53. The lowest BCUT2D eigenvalue weighted by Gasteiger charge is -2.06. The van der Waals surface area contributed by atoms with Crippen LogP contribution in [0, 0.1) is 5.92 Å². The van der Waals surface area contributed by atoms with Gasteiger partial charge in [-0.1, -0.05) is 38.1 Å². The van der Waals surface area contributed by atoms with Crippen LogP contribution >= 0.6 is 0 Å². The van der Waals surface area contributed by atoms with Crippen LogP contribution in [0.1, 0.15) is 35.7 Å². The highest BCUT2D eigenvalue weighted by Crippen LogP contribution is 2.36. The molecule has 1 aromatic rings. The van der Waals surface area contributed by atoms with Crippen LogP contribution in [-0.4, -0.2) is 5.78 Å². The van der Waals surface area contributed by atoms with Crippen LogP contribution in [0.4, 0.5) is 0 Å². The van der Waals surface area contributed by atoms with Crippen molar-refractivity contribution in [2.24, 2.45) is 5.92 Å².